The fourth-order valence-electron chi connectivity index (χ4n) is 2.42. The van der Waals surface area contributed by atoms with Crippen molar-refractivity contribution in [2.24, 2.45) is 0 Å². The molecule has 0 radical (unpaired) electrons. The molecule has 0 aromatic heterocycles. The third kappa shape index (κ3) is 5.34. The highest BCUT2D eigenvalue weighted by molar-refractivity contribution is 6.31. The van der Waals surface area contributed by atoms with Crippen LogP contribution in [0.2, 0.25) is 5.02 Å². The fourth-order valence-corrected chi connectivity index (χ4v) is 2.66. The summed E-state index contributed by atoms with van der Waals surface area (Å²) in [4.78, 5) is 16.5. The maximum atomic E-state index is 12.3. The maximum Gasteiger partial charge on any atom is 0.255 e. The highest BCUT2D eigenvalue weighted by Gasteiger charge is 2.08. The monoisotopic (exact) mass is 345 g/mol. The number of benzene rings is 2. The van der Waals surface area contributed by atoms with Crippen LogP contribution >= 0.6 is 11.6 Å². The molecule has 4 nitrogen and oxygen atoms in total. The minimum Gasteiger partial charge on any atom is -0.322 e. The molecular formula is C19H24ClN3O. The lowest BCUT2D eigenvalue weighted by Gasteiger charge is -2.13. The Morgan fingerprint density at radius 2 is 1.58 bits per heavy atom. The van der Waals surface area contributed by atoms with Gasteiger partial charge in [0.1, 0.15) is 0 Å². The Morgan fingerprint density at radius 1 is 0.958 bits per heavy atom. The first-order valence-corrected chi connectivity index (χ1v) is 8.21. The van der Waals surface area contributed by atoms with Crippen LogP contribution in [-0.2, 0) is 13.1 Å². The zero-order valence-electron chi connectivity index (χ0n) is 14.6. The largest absolute Gasteiger partial charge is 0.322 e. The number of carbonyl (C=O) groups is 1. The average Bonchev–Trinajstić information content (AvgIpc) is 2.49. The molecule has 0 aliphatic carbocycles. The molecule has 0 aliphatic rings. The number of anilines is 1. The molecule has 0 unspecified atom stereocenters. The SMILES string of the molecule is CN(C)Cc1ccc(C(=O)Nc2ccc(CN(C)C)c(Cl)c2)cc1. The minimum atomic E-state index is -0.136. The molecule has 0 saturated carbocycles. The zero-order valence-corrected chi connectivity index (χ0v) is 15.4. The van der Waals surface area contributed by atoms with E-state index < -0.39 is 0 Å². The van der Waals surface area contributed by atoms with Crippen molar-refractivity contribution >= 4 is 23.2 Å². The van der Waals surface area contributed by atoms with E-state index in [9.17, 15) is 4.79 Å². The molecule has 1 N–H and O–H groups in total. The van der Waals surface area contributed by atoms with Gasteiger partial charge in [-0.1, -0.05) is 29.8 Å². The molecule has 128 valence electrons. The van der Waals surface area contributed by atoms with Crippen LogP contribution in [0.25, 0.3) is 0 Å². The molecule has 24 heavy (non-hydrogen) atoms. The molecule has 0 aliphatic heterocycles. The summed E-state index contributed by atoms with van der Waals surface area (Å²) in [5.74, 6) is -0.136. The van der Waals surface area contributed by atoms with Crippen LogP contribution in [0.1, 0.15) is 21.5 Å². The van der Waals surface area contributed by atoms with Crippen molar-refractivity contribution in [1.82, 2.24) is 9.80 Å². The van der Waals surface area contributed by atoms with E-state index in [1.807, 2.05) is 64.6 Å². The standard InChI is InChI=1S/C19H24ClN3O/c1-22(2)12-14-5-7-15(8-6-14)19(24)21-17-10-9-16(13-23(3)4)18(20)11-17/h5-11H,12-13H2,1-4H3,(H,21,24). The highest BCUT2D eigenvalue weighted by atomic mass is 35.5. The van der Waals surface area contributed by atoms with Crippen LogP contribution in [0.5, 0.6) is 0 Å². The summed E-state index contributed by atoms with van der Waals surface area (Å²) in [5, 5.41) is 3.55. The van der Waals surface area contributed by atoms with Crippen LogP contribution < -0.4 is 5.32 Å². The number of rotatable bonds is 6. The molecule has 0 saturated heterocycles. The van der Waals surface area contributed by atoms with Crippen molar-refractivity contribution in [2.75, 3.05) is 33.5 Å². The number of halogens is 1. The molecule has 2 aromatic rings. The molecule has 5 heteroatoms. The molecular weight excluding hydrogens is 322 g/mol. The third-order valence-corrected chi connectivity index (χ3v) is 3.86. The topological polar surface area (TPSA) is 35.6 Å². The van der Waals surface area contributed by atoms with E-state index in [1.54, 1.807) is 6.07 Å². The van der Waals surface area contributed by atoms with Gasteiger partial charge in [-0.25, -0.2) is 0 Å². The predicted molar refractivity (Wildman–Crippen MR) is 101 cm³/mol. The summed E-state index contributed by atoms with van der Waals surface area (Å²) in [5.41, 5.74) is 3.54. The number of hydrogen-bond donors (Lipinski definition) is 1. The first-order valence-electron chi connectivity index (χ1n) is 7.83. The van der Waals surface area contributed by atoms with Gasteiger partial charge in [-0.2, -0.15) is 0 Å². The van der Waals surface area contributed by atoms with E-state index >= 15 is 0 Å². The number of nitrogens with zero attached hydrogens (tertiary/aromatic N) is 2. The molecule has 1 amide bonds. The second-order valence-electron chi connectivity index (χ2n) is 6.43. The van der Waals surface area contributed by atoms with Gasteiger partial charge >= 0.3 is 0 Å². The lowest BCUT2D eigenvalue weighted by atomic mass is 10.1. The lowest BCUT2D eigenvalue weighted by Crippen LogP contribution is -2.14. The predicted octanol–water partition coefficient (Wildman–Crippen LogP) is 3.72. The summed E-state index contributed by atoms with van der Waals surface area (Å²) >= 11 is 6.29. The van der Waals surface area contributed by atoms with Crippen LogP contribution in [0, 0.1) is 0 Å². The van der Waals surface area contributed by atoms with Crippen molar-refractivity contribution in [2.45, 2.75) is 13.1 Å². The van der Waals surface area contributed by atoms with Gasteiger partial charge in [-0.3, -0.25) is 4.79 Å². The van der Waals surface area contributed by atoms with Crippen molar-refractivity contribution in [3.63, 3.8) is 0 Å². The van der Waals surface area contributed by atoms with Gasteiger partial charge in [0.2, 0.25) is 0 Å². The smallest absolute Gasteiger partial charge is 0.255 e. The summed E-state index contributed by atoms with van der Waals surface area (Å²) in [7, 11) is 8.02. The van der Waals surface area contributed by atoms with E-state index in [-0.39, 0.29) is 5.91 Å². The van der Waals surface area contributed by atoms with E-state index in [2.05, 4.69) is 15.1 Å². The summed E-state index contributed by atoms with van der Waals surface area (Å²) in [6.45, 7) is 1.62. The van der Waals surface area contributed by atoms with E-state index in [4.69, 9.17) is 11.6 Å². The second-order valence-corrected chi connectivity index (χ2v) is 6.84. The van der Waals surface area contributed by atoms with Crippen molar-refractivity contribution in [3.8, 4) is 0 Å². The van der Waals surface area contributed by atoms with Gasteiger partial charge in [0.05, 0.1) is 0 Å². The molecule has 0 heterocycles. The van der Waals surface area contributed by atoms with Gasteiger partial charge in [-0.05, 0) is 63.6 Å². The van der Waals surface area contributed by atoms with Crippen molar-refractivity contribution < 1.29 is 4.79 Å². The first kappa shape index (κ1) is 18.5. The molecule has 0 atom stereocenters. The molecule has 0 bridgehead atoms. The number of amides is 1. The van der Waals surface area contributed by atoms with Crippen LogP contribution in [0.3, 0.4) is 0 Å². The first-order chi connectivity index (χ1) is 11.3. The molecule has 0 fully saturated rings. The highest BCUT2D eigenvalue weighted by Crippen LogP contribution is 2.22. The zero-order chi connectivity index (χ0) is 17.7. The normalized spacial score (nSPS) is 11.1. The summed E-state index contributed by atoms with van der Waals surface area (Å²) in [6.07, 6.45) is 0. The summed E-state index contributed by atoms with van der Waals surface area (Å²) in [6, 6.07) is 13.2. The Balaban J connectivity index is 2.05. The van der Waals surface area contributed by atoms with Gasteiger partial charge in [0.15, 0.2) is 0 Å². The van der Waals surface area contributed by atoms with Crippen LogP contribution in [0.4, 0.5) is 5.69 Å². The maximum absolute atomic E-state index is 12.3. The Kier molecular flexibility index (Phi) is 6.37. The quantitative estimate of drug-likeness (QED) is 0.866. The van der Waals surface area contributed by atoms with Gasteiger partial charge < -0.3 is 15.1 Å². The Morgan fingerprint density at radius 3 is 2.12 bits per heavy atom. The van der Waals surface area contributed by atoms with Gasteiger partial charge in [0, 0.05) is 29.4 Å². The van der Waals surface area contributed by atoms with Crippen molar-refractivity contribution in [1.29, 1.82) is 0 Å². The minimum absolute atomic E-state index is 0.136. The van der Waals surface area contributed by atoms with Gasteiger partial charge in [0.25, 0.3) is 5.91 Å². The summed E-state index contributed by atoms with van der Waals surface area (Å²) < 4.78 is 0. The molecule has 2 rings (SSSR count). The van der Waals surface area contributed by atoms with Crippen LogP contribution in [0.15, 0.2) is 42.5 Å². The second kappa shape index (κ2) is 8.29. The van der Waals surface area contributed by atoms with Gasteiger partial charge in [-0.15, -0.1) is 0 Å². The number of nitrogens with one attached hydrogen (secondary N) is 1. The third-order valence-electron chi connectivity index (χ3n) is 3.51. The molecule has 0 spiro atoms. The lowest BCUT2D eigenvalue weighted by molar-refractivity contribution is 0.102. The Labute approximate surface area is 149 Å². The van der Waals surface area contributed by atoms with E-state index in [0.717, 1.165) is 18.7 Å². The molecule has 2 aromatic carbocycles. The fraction of sp³-hybridized carbons (Fsp3) is 0.316. The Bertz CT molecular complexity index is 696. The van der Waals surface area contributed by atoms with Crippen LogP contribution in [-0.4, -0.2) is 43.9 Å². The number of carbonyl (C=O) groups excluding carboxylic acids is 1. The average molecular weight is 346 g/mol. The number of hydrogen-bond acceptors (Lipinski definition) is 3. The van der Waals surface area contributed by atoms with E-state index in [0.29, 0.717) is 16.3 Å². The van der Waals surface area contributed by atoms with E-state index in [1.165, 1.54) is 5.56 Å². The Hall–Kier alpha value is -1.88. The van der Waals surface area contributed by atoms with Crippen molar-refractivity contribution in [3.05, 3.63) is 64.2 Å².